The van der Waals surface area contributed by atoms with Crippen molar-refractivity contribution in [3.63, 3.8) is 0 Å². The minimum Gasteiger partial charge on any atom is -0.477 e. The molecule has 2 aromatic heterocycles. The predicted octanol–water partition coefficient (Wildman–Crippen LogP) is 1.14. The molecule has 0 bridgehead atoms. The van der Waals surface area contributed by atoms with Gasteiger partial charge in [0.05, 0.1) is 17.7 Å². The second kappa shape index (κ2) is 5.73. The van der Waals surface area contributed by atoms with Crippen LogP contribution in [0.25, 0.3) is 0 Å². The summed E-state index contributed by atoms with van der Waals surface area (Å²) in [7, 11) is -3.75. The van der Waals surface area contributed by atoms with Crippen LogP contribution >= 0.6 is 11.3 Å². The molecule has 2 aromatic rings. The Hall–Kier alpha value is -1.71. The zero-order valence-corrected chi connectivity index (χ0v) is 12.2. The molecule has 2 rings (SSSR count). The lowest BCUT2D eigenvalue weighted by Gasteiger charge is -2.02. The number of thiazole rings is 1. The van der Waals surface area contributed by atoms with Gasteiger partial charge in [-0.1, -0.05) is 0 Å². The van der Waals surface area contributed by atoms with Crippen LogP contribution in [0.1, 0.15) is 23.1 Å². The maximum atomic E-state index is 12.1. The molecule has 7 nitrogen and oxygen atoms in total. The molecule has 0 aliphatic carbocycles. The summed E-state index contributed by atoms with van der Waals surface area (Å²) in [4.78, 5) is 14.9. The summed E-state index contributed by atoms with van der Waals surface area (Å²) in [6.45, 7) is 2.19. The van der Waals surface area contributed by atoms with E-state index in [2.05, 4.69) is 9.71 Å². The largest absolute Gasteiger partial charge is 0.477 e. The van der Waals surface area contributed by atoms with Gasteiger partial charge in [0.15, 0.2) is 0 Å². The van der Waals surface area contributed by atoms with Gasteiger partial charge < -0.3 is 9.67 Å². The van der Waals surface area contributed by atoms with Crippen molar-refractivity contribution in [3.8, 4) is 0 Å². The number of carbonyl (C=O) groups is 1. The highest BCUT2D eigenvalue weighted by Gasteiger charge is 2.20. The van der Waals surface area contributed by atoms with Crippen LogP contribution in [0, 0.1) is 0 Å². The summed E-state index contributed by atoms with van der Waals surface area (Å²) in [6.07, 6.45) is 1.31. The van der Waals surface area contributed by atoms with E-state index in [1.807, 2.05) is 0 Å². The Morgan fingerprint density at radius 2 is 2.30 bits per heavy atom. The van der Waals surface area contributed by atoms with Crippen LogP contribution < -0.4 is 4.72 Å². The van der Waals surface area contributed by atoms with Gasteiger partial charge in [-0.2, -0.15) is 0 Å². The molecule has 0 saturated carbocycles. The number of hydrogen-bond donors (Lipinski definition) is 2. The van der Waals surface area contributed by atoms with E-state index < -0.39 is 16.0 Å². The highest BCUT2D eigenvalue weighted by molar-refractivity contribution is 7.89. The van der Waals surface area contributed by atoms with Gasteiger partial charge in [-0.15, -0.1) is 11.3 Å². The Morgan fingerprint density at radius 3 is 2.80 bits per heavy atom. The van der Waals surface area contributed by atoms with Crippen LogP contribution in [0.15, 0.2) is 28.0 Å². The lowest BCUT2D eigenvalue weighted by atomic mass is 10.4. The molecule has 0 aromatic carbocycles. The van der Waals surface area contributed by atoms with Crippen molar-refractivity contribution in [1.82, 2.24) is 14.3 Å². The molecule has 9 heteroatoms. The van der Waals surface area contributed by atoms with Crippen molar-refractivity contribution in [2.75, 3.05) is 0 Å². The Balaban J connectivity index is 2.23. The van der Waals surface area contributed by atoms with Crippen LogP contribution in [-0.2, 0) is 23.1 Å². The normalized spacial score (nSPS) is 11.7. The van der Waals surface area contributed by atoms with Crippen molar-refractivity contribution in [2.45, 2.75) is 24.9 Å². The minimum atomic E-state index is -3.75. The first-order valence-electron chi connectivity index (χ1n) is 5.74. The van der Waals surface area contributed by atoms with Gasteiger partial charge in [0.2, 0.25) is 10.0 Å². The van der Waals surface area contributed by atoms with Gasteiger partial charge in [-0.25, -0.2) is 22.9 Å². The van der Waals surface area contributed by atoms with E-state index in [0.717, 1.165) is 6.07 Å². The standard InChI is InChI=1S/C11H13N3O4S2/c1-2-14-5-9(3-10(14)11(15)16)20(17,18)13-4-8-6-19-7-12-8/h3,5-7,13H,2,4H2,1H3,(H,15,16). The van der Waals surface area contributed by atoms with Gasteiger partial charge in [0, 0.05) is 18.1 Å². The summed E-state index contributed by atoms with van der Waals surface area (Å²) < 4.78 is 27.9. The first-order chi connectivity index (χ1) is 9.44. The first kappa shape index (κ1) is 14.7. The predicted molar refractivity (Wildman–Crippen MR) is 73.2 cm³/mol. The van der Waals surface area contributed by atoms with Crippen molar-refractivity contribution in [2.24, 2.45) is 0 Å². The Labute approximate surface area is 119 Å². The number of aromatic carboxylic acids is 1. The van der Waals surface area contributed by atoms with E-state index in [-0.39, 0.29) is 17.1 Å². The van der Waals surface area contributed by atoms with E-state index >= 15 is 0 Å². The summed E-state index contributed by atoms with van der Waals surface area (Å²) in [5, 5.41) is 10.7. The average Bonchev–Trinajstić information content (AvgIpc) is 3.05. The number of nitrogens with one attached hydrogen (secondary N) is 1. The minimum absolute atomic E-state index is 0.0541. The molecular weight excluding hydrogens is 302 g/mol. The molecule has 0 saturated heterocycles. The molecule has 108 valence electrons. The molecule has 0 radical (unpaired) electrons. The third kappa shape index (κ3) is 3.06. The highest BCUT2D eigenvalue weighted by Crippen LogP contribution is 2.15. The Kier molecular flexibility index (Phi) is 4.21. The fourth-order valence-electron chi connectivity index (χ4n) is 1.65. The number of hydrogen-bond acceptors (Lipinski definition) is 5. The van der Waals surface area contributed by atoms with Crippen molar-refractivity contribution >= 4 is 27.3 Å². The van der Waals surface area contributed by atoms with Crippen molar-refractivity contribution in [1.29, 1.82) is 0 Å². The lowest BCUT2D eigenvalue weighted by Crippen LogP contribution is -2.23. The number of carboxylic acid groups (broad SMARTS) is 1. The summed E-state index contributed by atoms with van der Waals surface area (Å²) in [6, 6.07) is 1.15. The summed E-state index contributed by atoms with van der Waals surface area (Å²) in [5.41, 5.74) is 2.17. The smallest absolute Gasteiger partial charge is 0.352 e. The molecule has 0 amide bonds. The monoisotopic (exact) mass is 315 g/mol. The number of nitrogens with zero attached hydrogens (tertiary/aromatic N) is 2. The number of carboxylic acids is 1. The van der Waals surface area contributed by atoms with Crippen LogP contribution in [-0.4, -0.2) is 29.0 Å². The van der Waals surface area contributed by atoms with E-state index in [4.69, 9.17) is 5.11 Å². The quantitative estimate of drug-likeness (QED) is 0.832. The molecule has 0 atom stereocenters. The third-order valence-corrected chi connectivity index (χ3v) is 4.67. The zero-order chi connectivity index (χ0) is 14.8. The number of sulfonamides is 1. The molecule has 0 aliphatic rings. The zero-order valence-electron chi connectivity index (χ0n) is 10.6. The van der Waals surface area contributed by atoms with Crippen LogP contribution in [0.4, 0.5) is 0 Å². The lowest BCUT2D eigenvalue weighted by molar-refractivity contribution is 0.0685. The fourth-order valence-corrected chi connectivity index (χ4v) is 3.24. The van der Waals surface area contributed by atoms with E-state index in [1.54, 1.807) is 17.8 Å². The first-order valence-corrected chi connectivity index (χ1v) is 8.17. The maximum absolute atomic E-state index is 12.1. The van der Waals surface area contributed by atoms with E-state index in [0.29, 0.717) is 12.2 Å². The van der Waals surface area contributed by atoms with Gasteiger partial charge >= 0.3 is 5.97 Å². The van der Waals surface area contributed by atoms with E-state index in [1.165, 1.54) is 22.1 Å². The Bertz CT molecular complexity index is 704. The SMILES string of the molecule is CCn1cc(S(=O)(=O)NCc2cscn2)cc1C(=O)O. The molecular formula is C11H13N3O4S2. The number of aryl methyl sites for hydroxylation is 1. The van der Waals surface area contributed by atoms with Gasteiger partial charge in [0.25, 0.3) is 0 Å². The highest BCUT2D eigenvalue weighted by atomic mass is 32.2. The average molecular weight is 315 g/mol. The molecule has 20 heavy (non-hydrogen) atoms. The van der Waals surface area contributed by atoms with Crippen molar-refractivity contribution in [3.05, 3.63) is 34.5 Å². The molecule has 2 N–H and O–H groups in total. The van der Waals surface area contributed by atoms with Gasteiger partial charge in [0.1, 0.15) is 10.6 Å². The second-order valence-corrected chi connectivity index (χ2v) is 6.44. The van der Waals surface area contributed by atoms with Crippen molar-refractivity contribution < 1.29 is 18.3 Å². The topological polar surface area (TPSA) is 101 Å². The molecule has 2 heterocycles. The van der Waals surface area contributed by atoms with E-state index in [9.17, 15) is 13.2 Å². The molecule has 0 spiro atoms. The molecule has 0 fully saturated rings. The fraction of sp³-hybridized carbons (Fsp3) is 0.273. The third-order valence-electron chi connectivity index (χ3n) is 2.67. The maximum Gasteiger partial charge on any atom is 0.352 e. The van der Waals surface area contributed by atoms with Crippen LogP contribution in [0.2, 0.25) is 0 Å². The van der Waals surface area contributed by atoms with Crippen LogP contribution in [0.5, 0.6) is 0 Å². The molecule has 0 unspecified atom stereocenters. The van der Waals surface area contributed by atoms with Gasteiger partial charge in [-0.3, -0.25) is 0 Å². The number of rotatable bonds is 6. The molecule has 0 aliphatic heterocycles. The van der Waals surface area contributed by atoms with Gasteiger partial charge in [-0.05, 0) is 13.0 Å². The summed E-state index contributed by atoms with van der Waals surface area (Å²) in [5.74, 6) is -1.16. The Morgan fingerprint density at radius 1 is 1.55 bits per heavy atom. The second-order valence-electron chi connectivity index (χ2n) is 3.96. The summed E-state index contributed by atoms with van der Waals surface area (Å²) >= 11 is 1.37. The number of aromatic nitrogens is 2. The van der Waals surface area contributed by atoms with Crippen LogP contribution in [0.3, 0.4) is 0 Å².